The van der Waals surface area contributed by atoms with Crippen molar-refractivity contribution < 1.29 is 4.79 Å². The van der Waals surface area contributed by atoms with Crippen LogP contribution in [-0.2, 0) is 4.79 Å². The van der Waals surface area contributed by atoms with Crippen molar-refractivity contribution in [2.75, 3.05) is 19.6 Å². The lowest BCUT2D eigenvalue weighted by atomic mass is 9.93. The summed E-state index contributed by atoms with van der Waals surface area (Å²) in [5.74, 6) is 1.16. The predicted molar refractivity (Wildman–Crippen MR) is 71.7 cm³/mol. The molecule has 0 aromatic rings. The number of likely N-dealkylation sites (tertiary alicyclic amines) is 1. The molecule has 0 aliphatic carbocycles. The number of nitrogens with two attached hydrogens (primary N) is 1. The molecule has 0 bridgehead atoms. The zero-order chi connectivity index (χ0) is 12.7. The number of rotatable bonds is 6. The lowest BCUT2D eigenvalue weighted by Crippen LogP contribution is -2.44. The van der Waals surface area contributed by atoms with Gasteiger partial charge in [-0.1, -0.05) is 26.7 Å². The molecule has 0 spiro atoms. The summed E-state index contributed by atoms with van der Waals surface area (Å²) in [5, 5.41) is 0. The molecule has 1 saturated heterocycles. The Morgan fingerprint density at radius 1 is 1.35 bits per heavy atom. The maximum atomic E-state index is 12.4. The summed E-state index contributed by atoms with van der Waals surface area (Å²) in [7, 11) is 0. The van der Waals surface area contributed by atoms with Gasteiger partial charge in [0, 0.05) is 19.0 Å². The van der Waals surface area contributed by atoms with Gasteiger partial charge >= 0.3 is 0 Å². The standard InChI is InChI=1S/C14H28N2O/c1-3-6-13(7-4-2)14(17)16-9-5-8-12(10-15)11-16/h12-13H,3-11,15H2,1-2H3/t12-/m0/s1. The van der Waals surface area contributed by atoms with Gasteiger partial charge in [-0.3, -0.25) is 4.79 Å². The minimum Gasteiger partial charge on any atom is -0.342 e. The molecule has 1 fully saturated rings. The highest BCUT2D eigenvalue weighted by molar-refractivity contribution is 5.78. The summed E-state index contributed by atoms with van der Waals surface area (Å²) in [6.45, 7) is 6.87. The van der Waals surface area contributed by atoms with Gasteiger partial charge in [0.1, 0.15) is 0 Å². The first-order valence-corrected chi connectivity index (χ1v) is 7.21. The van der Waals surface area contributed by atoms with Crippen LogP contribution in [-0.4, -0.2) is 30.4 Å². The second kappa shape index (κ2) is 7.70. The number of carbonyl (C=O) groups is 1. The highest BCUT2D eigenvalue weighted by Gasteiger charge is 2.27. The molecule has 1 aliphatic heterocycles. The minimum atomic E-state index is 0.251. The molecule has 0 unspecified atom stereocenters. The fourth-order valence-electron chi connectivity index (χ4n) is 2.80. The van der Waals surface area contributed by atoms with Crippen LogP contribution in [0.15, 0.2) is 0 Å². The summed E-state index contributed by atoms with van der Waals surface area (Å²) in [4.78, 5) is 14.5. The van der Waals surface area contributed by atoms with Gasteiger partial charge in [-0.15, -0.1) is 0 Å². The largest absolute Gasteiger partial charge is 0.342 e. The molecule has 100 valence electrons. The third-order valence-corrected chi connectivity index (χ3v) is 3.79. The number of hydrogen-bond donors (Lipinski definition) is 1. The first kappa shape index (κ1) is 14.5. The van der Waals surface area contributed by atoms with Gasteiger partial charge in [0.15, 0.2) is 0 Å². The number of hydrogen-bond acceptors (Lipinski definition) is 2. The molecule has 0 radical (unpaired) electrons. The fraction of sp³-hybridized carbons (Fsp3) is 0.929. The van der Waals surface area contributed by atoms with Gasteiger partial charge in [0.25, 0.3) is 0 Å². The van der Waals surface area contributed by atoms with Crippen molar-refractivity contribution in [2.45, 2.75) is 52.4 Å². The highest BCUT2D eigenvalue weighted by Crippen LogP contribution is 2.21. The maximum absolute atomic E-state index is 12.4. The van der Waals surface area contributed by atoms with E-state index in [4.69, 9.17) is 5.73 Å². The van der Waals surface area contributed by atoms with Gasteiger partial charge in [0.05, 0.1) is 0 Å². The Balaban J connectivity index is 2.53. The molecule has 1 heterocycles. The van der Waals surface area contributed by atoms with Crippen LogP contribution < -0.4 is 5.73 Å². The van der Waals surface area contributed by atoms with Gasteiger partial charge in [-0.05, 0) is 38.1 Å². The third kappa shape index (κ3) is 4.30. The Kier molecular flexibility index (Phi) is 6.56. The van der Waals surface area contributed by atoms with Gasteiger partial charge in [0.2, 0.25) is 5.91 Å². The highest BCUT2D eigenvalue weighted by atomic mass is 16.2. The summed E-state index contributed by atoms with van der Waals surface area (Å²) in [6.07, 6.45) is 6.59. The SMILES string of the molecule is CCCC(CCC)C(=O)N1CCC[C@@H](CN)C1. The molecule has 3 heteroatoms. The average molecular weight is 240 g/mol. The second-order valence-electron chi connectivity index (χ2n) is 5.30. The Hall–Kier alpha value is -0.570. The van der Waals surface area contributed by atoms with Crippen LogP contribution in [0.2, 0.25) is 0 Å². The van der Waals surface area contributed by atoms with Crippen molar-refractivity contribution in [1.82, 2.24) is 4.90 Å². The summed E-state index contributed by atoms with van der Waals surface area (Å²) in [5.41, 5.74) is 5.72. The van der Waals surface area contributed by atoms with Crippen LogP contribution in [0, 0.1) is 11.8 Å². The zero-order valence-corrected chi connectivity index (χ0v) is 11.5. The van der Waals surface area contributed by atoms with E-state index in [1.807, 2.05) is 0 Å². The number of carbonyl (C=O) groups excluding carboxylic acids is 1. The Bertz CT molecular complexity index is 224. The van der Waals surface area contributed by atoms with Crippen LogP contribution in [0.4, 0.5) is 0 Å². The Labute approximate surface area is 106 Å². The van der Waals surface area contributed by atoms with E-state index in [0.717, 1.165) is 51.7 Å². The van der Waals surface area contributed by atoms with Crippen LogP contribution in [0.3, 0.4) is 0 Å². The van der Waals surface area contributed by atoms with Gasteiger partial charge in [-0.2, -0.15) is 0 Å². The van der Waals surface area contributed by atoms with Crippen LogP contribution >= 0.6 is 0 Å². The lowest BCUT2D eigenvalue weighted by molar-refractivity contribution is -0.137. The van der Waals surface area contributed by atoms with Crippen molar-refractivity contribution in [3.63, 3.8) is 0 Å². The molecule has 1 amide bonds. The van der Waals surface area contributed by atoms with E-state index in [2.05, 4.69) is 18.7 Å². The minimum absolute atomic E-state index is 0.251. The topological polar surface area (TPSA) is 46.3 Å². The van der Waals surface area contributed by atoms with E-state index in [9.17, 15) is 4.79 Å². The maximum Gasteiger partial charge on any atom is 0.225 e. The van der Waals surface area contributed by atoms with Crippen molar-refractivity contribution >= 4 is 5.91 Å². The molecule has 17 heavy (non-hydrogen) atoms. The molecular weight excluding hydrogens is 212 g/mol. The van der Waals surface area contributed by atoms with Crippen LogP contribution in [0.5, 0.6) is 0 Å². The summed E-state index contributed by atoms with van der Waals surface area (Å²) in [6, 6.07) is 0. The third-order valence-electron chi connectivity index (χ3n) is 3.79. The van der Waals surface area contributed by atoms with E-state index < -0.39 is 0 Å². The molecule has 1 aliphatic rings. The van der Waals surface area contributed by atoms with Crippen molar-refractivity contribution in [1.29, 1.82) is 0 Å². The van der Waals surface area contributed by atoms with E-state index in [1.54, 1.807) is 0 Å². The Morgan fingerprint density at radius 2 is 2.00 bits per heavy atom. The molecule has 0 saturated carbocycles. The van der Waals surface area contributed by atoms with Crippen molar-refractivity contribution in [3.05, 3.63) is 0 Å². The zero-order valence-electron chi connectivity index (χ0n) is 11.5. The van der Waals surface area contributed by atoms with Gasteiger partial charge in [-0.25, -0.2) is 0 Å². The van der Waals surface area contributed by atoms with E-state index in [1.165, 1.54) is 6.42 Å². The van der Waals surface area contributed by atoms with E-state index in [-0.39, 0.29) is 5.92 Å². The van der Waals surface area contributed by atoms with E-state index in [0.29, 0.717) is 11.8 Å². The van der Waals surface area contributed by atoms with Gasteiger partial charge < -0.3 is 10.6 Å². The molecule has 0 aromatic carbocycles. The lowest BCUT2D eigenvalue weighted by Gasteiger charge is -2.34. The molecule has 2 N–H and O–H groups in total. The van der Waals surface area contributed by atoms with Crippen LogP contribution in [0.1, 0.15) is 52.4 Å². The summed E-state index contributed by atoms with van der Waals surface area (Å²) < 4.78 is 0. The first-order chi connectivity index (χ1) is 8.22. The molecule has 1 rings (SSSR count). The molecular formula is C14H28N2O. The monoisotopic (exact) mass is 240 g/mol. The average Bonchev–Trinajstić information content (AvgIpc) is 2.38. The fourth-order valence-corrected chi connectivity index (χ4v) is 2.80. The molecule has 3 nitrogen and oxygen atoms in total. The number of piperidine rings is 1. The predicted octanol–water partition coefficient (Wildman–Crippen LogP) is 2.40. The van der Waals surface area contributed by atoms with Crippen molar-refractivity contribution in [3.8, 4) is 0 Å². The second-order valence-corrected chi connectivity index (χ2v) is 5.30. The molecule has 0 aromatic heterocycles. The smallest absolute Gasteiger partial charge is 0.225 e. The number of amides is 1. The summed E-state index contributed by atoms with van der Waals surface area (Å²) >= 11 is 0. The quantitative estimate of drug-likeness (QED) is 0.775. The number of nitrogens with zero attached hydrogens (tertiary/aromatic N) is 1. The van der Waals surface area contributed by atoms with Crippen molar-refractivity contribution in [2.24, 2.45) is 17.6 Å². The van der Waals surface area contributed by atoms with Crippen LogP contribution in [0.25, 0.3) is 0 Å². The normalized spacial score (nSPS) is 20.9. The Morgan fingerprint density at radius 3 is 2.53 bits per heavy atom. The first-order valence-electron chi connectivity index (χ1n) is 7.21. The van der Waals surface area contributed by atoms with E-state index >= 15 is 0 Å². The molecule has 1 atom stereocenters.